The topological polar surface area (TPSA) is 85.2 Å². The van der Waals surface area contributed by atoms with Gasteiger partial charge in [-0.3, -0.25) is 0 Å². The number of hydrogen-bond donors (Lipinski definition) is 2. The first-order valence-electron chi connectivity index (χ1n) is 5.80. The molecule has 2 aromatic rings. The average molecular weight is 284 g/mol. The molecule has 6 heteroatoms. The van der Waals surface area contributed by atoms with E-state index in [4.69, 9.17) is 10.3 Å². The Morgan fingerprint density at radius 3 is 2.58 bits per heavy atom. The highest BCUT2D eigenvalue weighted by Gasteiger charge is 2.24. The summed E-state index contributed by atoms with van der Waals surface area (Å²) < 4.78 is 5.04. The van der Waals surface area contributed by atoms with Gasteiger partial charge in [0.25, 0.3) is 5.89 Å². The van der Waals surface area contributed by atoms with E-state index >= 15 is 0 Å². The summed E-state index contributed by atoms with van der Waals surface area (Å²) in [5.74, 6) is 0.651. The third kappa shape index (κ3) is 3.53. The van der Waals surface area contributed by atoms with Crippen LogP contribution < -0.4 is 5.73 Å². The molecule has 3 N–H and O–H groups in total. The molecule has 1 aromatic carbocycles. The van der Waals surface area contributed by atoms with E-state index in [1.54, 1.807) is 13.8 Å². The molecule has 0 aliphatic carbocycles. The monoisotopic (exact) mass is 283 g/mol. The molecule has 0 radical (unpaired) electrons. The van der Waals surface area contributed by atoms with Crippen molar-refractivity contribution in [3.05, 3.63) is 35.7 Å². The van der Waals surface area contributed by atoms with Crippen molar-refractivity contribution < 1.29 is 9.63 Å². The SMILES string of the molecule is C[C@@H](N)c1cccc(-c2noc(C(C)(C)O)n2)c1.Cl. The van der Waals surface area contributed by atoms with Crippen LogP contribution in [0, 0.1) is 0 Å². The van der Waals surface area contributed by atoms with Crippen LogP contribution in [-0.2, 0) is 5.60 Å². The molecule has 5 nitrogen and oxygen atoms in total. The zero-order valence-electron chi connectivity index (χ0n) is 11.1. The van der Waals surface area contributed by atoms with Crippen molar-refractivity contribution in [1.82, 2.24) is 10.1 Å². The van der Waals surface area contributed by atoms with Gasteiger partial charge in [-0.15, -0.1) is 12.4 Å². The Morgan fingerprint density at radius 1 is 1.37 bits per heavy atom. The molecule has 0 saturated carbocycles. The number of halogens is 1. The highest BCUT2D eigenvalue weighted by atomic mass is 35.5. The fourth-order valence-corrected chi connectivity index (χ4v) is 1.55. The molecule has 1 atom stereocenters. The summed E-state index contributed by atoms with van der Waals surface area (Å²) in [5.41, 5.74) is 6.52. The van der Waals surface area contributed by atoms with Crippen LogP contribution in [0.4, 0.5) is 0 Å². The van der Waals surface area contributed by atoms with E-state index in [1.807, 2.05) is 31.2 Å². The van der Waals surface area contributed by atoms with Gasteiger partial charge in [-0.25, -0.2) is 0 Å². The lowest BCUT2D eigenvalue weighted by atomic mass is 10.1. The predicted molar refractivity (Wildman–Crippen MR) is 74.8 cm³/mol. The highest BCUT2D eigenvalue weighted by Crippen LogP contribution is 2.23. The highest BCUT2D eigenvalue weighted by molar-refractivity contribution is 5.85. The van der Waals surface area contributed by atoms with Gasteiger partial charge in [0.15, 0.2) is 0 Å². The van der Waals surface area contributed by atoms with Gasteiger partial charge in [-0.1, -0.05) is 23.4 Å². The fourth-order valence-electron chi connectivity index (χ4n) is 1.55. The van der Waals surface area contributed by atoms with Crippen LogP contribution in [0.5, 0.6) is 0 Å². The Bertz CT molecular complexity index is 547. The molecule has 0 amide bonds. The molecule has 19 heavy (non-hydrogen) atoms. The van der Waals surface area contributed by atoms with Crippen molar-refractivity contribution >= 4 is 12.4 Å². The number of nitrogens with zero attached hydrogens (tertiary/aromatic N) is 2. The molecule has 104 valence electrons. The average Bonchev–Trinajstić information content (AvgIpc) is 2.78. The second-order valence-corrected chi connectivity index (χ2v) is 4.90. The zero-order valence-corrected chi connectivity index (χ0v) is 11.9. The maximum atomic E-state index is 9.78. The summed E-state index contributed by atoms with van der Waals surface area (Å²) in [5, 5.41) is 13.6. The number of aromatic nitrogens is 2. The minimum Gasteiger partial charge on any atom is -0.381 e. The molecule has 0 spiro atoms. The molecule has 0 unspecified atom stereocenters. The van der Waals surface area contributed by atoms with Crippen LogP contribution in [0.1, 0.15) is 38.3 Å². The molecule has 1 aromatic heterocycles. The molecule has 0 aliphatic heterocycles. The Labute approximate surface area is 118 Å². The van der Waals surface area contributed by atoms with Crippen LogP contribution in [-0.4, -0.2) is 15.2 Å². The van der Waals surface area contributed by atoms with Gasteiger partial charge in [-0.05, 0) is 32.4 Å². The first-order valence-corrected chi connectivity index (χ1v) is 5.80. The minimum absolute atomic E-state index is 0. The van der Waals surface area contributed by atoms with Gasteiger partial charge in [0.05, 0.1) is 0 Å². The van der Waals surface area contributed by atoms with Crippen LogP contribution >= 0.6 is 12.4 Å². The Kier molecular flexibility index (Phi) is 4.68. The third-order valence-electron chi connectivity index (χ3n) is 2.62. The Balaban J connectivity index is 0.00000180. The van der Waals surface area contributed by atoms with Crippen molar-refractivity contribution in [3.8, 4) is 11.4 Å². The van der Waals surface area contributed by atoms with Crippen LogP contribution in [0.3, 0.4) is 0 Å². The molecule has 0 bridgehead atoms. The molecule has 2 rings (SSSR count). The maximum absolute atomic E-state index is 9.78. The van der Waals surface area contributed by atoms with E-state index in [0.29, 0.717) is 5.82 Å². The van der Waals surface area contributed by atoms with Gasteiger partial charge in [0.1, 0.15) is 5.60 Å². The van der Waals surface area contributed by atoms with Gasteiger partial charge < -0.3 is 15.4 Å². The van der Waals surface area contributed by atoms with Crippen molar-refractivity contribution in [2.75, 3.05) is 0 Å². The van der Waals surface area contributed by atoms with E-state index in [1.165, 1.54) is 0 Å². The second-order valence-electron chi connectivity index (χ2n) is 4.90. The first-order chi connectivity index (χ1) is 8.38. The number of rotatable bonds is 3. The first kappa shape index (κ1) is 15.6. The molecular formula is C13H18ClN3O2. The quantitative estimate of drug-likeness (QED) is 0.903. The fraction of sp³-hybridized carbons (Fsp3) is 0.385. The minimum atomic E-state index is -1.13. The molecular weight excluding hydrogens is 266 g/mol. The van der Waals surface area contributed by atoms with E-state index < -0.39 is 5.60 Å². The van der Waals surface area contributed by atoms with E-state index in [-0.39, 0.29) is 24.3 Å². The van der Waals surface area contributed by atoms with Gasteiger partial charge in [0.2, 0.25) is 5.82 Å². The van der Waals surface area contributed by atoms with Gasteiger partial charge in [-0.2, -0.15) is 4.98 Å². The van der Waals surface area contributed by atoms with Crippen molar-refractivity contribution in [2.45, 2.75) is 32.4 Å². The largest absolute Gasteiger partial charge is 0.381 e. The molecule has 0 aliphatic rings. The molecule has 0 saturated heterocycles. The number of hydrogen-bond acceptors (Lipinski definition) is 5. The molecule has 1 heterocycles. The lowest BCUT2D eigenvalue weighted by Gasteiger charge is -2.09. The van der Waals surface area contributed by atoms with Crippen LogP contribution in [0.15, 0.2) is 28.8 Å². The number of nitrogens with two attached hydrogens (primary N) is 1. The van der Waals surface area contributed by atoms with Crippen molar-refractivity contribution in [3.63, 3.8) is 0 Å². The molecule has 0 fully saturated rings. The third-order valence-corrected chi connectivity index (χ3v) is 2.62. The smallest absolute Gasteiger partial charge is 0.258 e. The van der Waals surface area contributed by atoms with E-state index in [2.05, 4.69) is 10.1 Å². The number of aliphatic hydroxyl groups is 1. The number of benzene rings is 1. The van der Waals surface area contributed by atoms with Gasteiger partial charge in [0, 0.05) is 11.6 Å². The predicted octanol–water partition coefficient (Wildman–Crippen LogP) is 2.41. The summed E-state index contributed by atoms with van der Waals surface area (Å²) in [6, 6.07) is 7.60. The summed E-state index contributed by atoms with van der Waals surface area (Å²) >= 11 is 0. The van der Waals surface area contributed by atoms with Crippen LogP contribution in [0.2, 0.25) is 0 Å². The van der Waals surface area contributed by atoms with Gasteiger partial charge >= 0.3 is 0 Å². The van der Waals surface area contributed by atoms with Crippen molar-refractivity contribution in [1.29, 1.82) is 0 Å². The summed E-state index contributed by atoms with van der Waals surface area (Å²) in [6.07, 6.45) is 0. The second kappa shape index (κ2) is 5.69. The lowest BCUT2D eigenvalue weighted by Crippen LogP contribution is -2.15. The van der Waals surface area contributed by atoms with E-state index in [9.17, 15) is 5.11 Å². The van der Waals surface area contributed by atoms with E-state index in [0.717, 1.165) is 11.1 Å². The Morgan fingerprint density at radius 2 is 2.05 bits per heavy atom. The lowest BCUT2D eigenvalue weighted by molar-refractivity contribution is 0.0420. The summed E-state index contributed by atoms with van der Waals surface area (Å²) in [7, 11) is 0. The van der Waals surface area contributed by atoms with Crippen LogP contribution in [0.25, 0.3) is 11.4 Å². The zero-order chi connectivity index (χ0) is 13.3. The summed E-state index contributed by atoms with van der Waals surface area (Å²) in [6.45, 7) is 5.11. The normalized spacial score (nSPS) is 12.9. The standard InChI is InChI=1S/C13H17N3O2.ClH/c1-8(14)9-5-4-6-10(7-9)11-15-12(18-16-11)13(2,3)17;/h4-8,17H,14H2,1-3H3;1H/t8-;/m1./s1. The Hall–Kier alpha value is -1.43. The van der Waals surface area contributed by atoms with Crippen molar-refractivity contribution in [2.24, 2.45) is 5.73 Å². The summed E-state index contributed by atoms with van der Waals surface area (Å²) in [4.78, 5) is 4.18. The maximum Gasteiger partial charge on any atom is 0.258 e.